The highest BCUT2D eigenvalue weighted by Crippen LogP contribution is 2.34. The summed E-state index contributed by atoms with van der Waals surface area (Å²) in [5.74, 6) is -4.09. The highest BCUT2D eigenvalue weighted by atomic mass is 16.6. The van der Waals surface area contributed by atoms with Crippen LogP contribution in [0.5, 0.6) is 0 Å². The third-order valence-corrected chi connectivity index (χ3v) is 4.14. The van der Waals surface area contributed by atoms with Gasteiger partial charge in [-0.2, -0.15) is 0 Å². The van der Waals surface area contributed by atoms with Crippen LogP contribution in [0.4, 0.5) is 0 Å². The quantitative estimate of drug-likeness (QED) is 0.236. The number of carbonyl (C=O) groups excluding carboxylic acids is 5. The van der Waals surface area contributed by atoms with Crippen molar-refractivity contribution in [2.45, 2.75) is 0 Å². The van der Waals surface area contributed by atoms with Gasteiger partial charge >= 0.3 is 29.8 Å². The Morgan fingerprint density at radius 3 is 2.00 bits per heavy atom. The Labute approximate surface area is 163 Å². The summed E-state index contributed by atoms with van der Waals surface area (Å²) in [7, 11) is 1.16. The van der Waals surface area contributed by atoms with E-state index in [0.29, 0.717) is 0 Å². The van der Waals surface area contributed by atoms with Crippen molar-refractivity contribution in [2.75, 3.05) is 20.3 Å². The molecule has 0 atom stereocenters. The number of carbonyl (C=O) groups is 5. The fourth-order valence-corrected chi connectivity index (χ4v) is 2.89. The Morgan fingerprint density at radius 2 is 1.45 bits per heavy atom. The lowest BCUT2D eigenvalue weighted by Crippen LogP contribution is -2.22. The highest BCUT2D eigenvalue weighted by Gasteiger charge is 2.32. The molecule has 0 saturated heterocycles. The number of ether oxygens (including phenoxy) is 4. The number of benzene rings is 2. The Bertz CT molecular complexity index is 1060. The molecule has 0 unspecified atom stereocenters. The van der Waals surface area contributed by atoms with Crippen LogP contribution in [0, 0.1) is 0 Å². The molecule has 0 amide bonds. The van der Waals surface area contributed by atoms with Gasteiger partial charge in [-0.25, -0.2) is 24.0 Å². The first-order valence-corrected chi connectivity index (χ1v) is 8.30. The minimum absolute atomic E-state index is 0.0248. The van der Waals surface area contributed by atoms with Gasteiger partial charge < -0.3 is 18.9 Å². The average Bonchev–Trinajstić information content (AvgIpc) is 2.73. The molecule has 0 aliphatic carbocycles. The van der Waals surface area contributed by atoms with Crippen molar-refractivity contribution < 1.29 is 42.9 Å². The molecule has 148 valence electrons. The summed E-state index contributed by atoms with van der Waals surface area (Å²) in [6.07, 6.45) is 0.965. The molecule has 0 bridgehead atoms. The number of hydrogen-bond donors (Lipinski definition) is 0. The van der Waals surface area contributed by atoms with Gasteiger partial charge in [-0.1, -0.05) is 6.58 Å². The standard InChI is InChI=1S/C20H14O9/c1-3-14(21)27-8-9-28-18(23)11-5-7-13-16-12(19(24)29-20(13)25)6-4-10(15(11)16)17(22)26-2/h3-7H,1,8-9H2,2H3. The van der Waals surface area contributed by atoms with E-state index in [2.05, 4.69) is 11.3 Å². The molecule has 3 rings (SSSR count). The van der Waals surface area contributed by atoms with E-state index in [1.165, 1.54) is 24.3 Å². The Morgan fingerprint density at radius 1 is 0.897 bits per heavy atom. The Balaban J connectivity index is 2.07. The van der Waals surface area contributed by atoms with Crippen molar-refractivity contribution in [3.63, 3.8) is 0 Å². The molecule has 0 N–H and O–H groups in total. The minimum Gasteiger partial charge on any atom is -0.465 e. The Hall–Kier alpha value is -4.01. The fourth-order valence-electron chi connectivity index (χ4n) is 2.89. The van der Waals surface area contributed by atoms with Crippen LogP contribution in [-0.2, 0) is 23.7 Å². The van der Waals surface area contributed by atoms with Crippen LogP contribution >= 0.6 is 0 Å². The lowest BCUT2D eigenvalue weighted by atomic mass is 9.90. The molecular formula is C20H14O9. The summed E-state index contributed by atoms with van der Waals surface area (Å²) >= 11 is 0. The van der Waals surface area contributed by atoms with Gasteiger partial charge in [0.2, 0.25) is 0 Å². The van der Waals surface area contributed by atoms with Crippen LogP contribution in [0.3, 0.4) is 0 Å². The molecule has 2 aromatic rings. The maximum Gasteiger partial charge on any atom is 0.346 e. The summed E-state index contributed by atoms with van der Waals surface area (Å²) in [5.41, 5.74) is -0.0437. The first-order valence-electron chi connectivity index (χ1n) is 8.30. The van der Waals surface area contributed by atoms with Crippen LogP contribution in [0.1, 0.15) is 41.4 Å². The van der Waals surface area contributed by atoms with Crippen molar-refractivity contribution in [2.24, 2.45) is 0 Å². The maximum absolute atomic E-state index is 12.6. The Kier molecular flexibility index (Phi) is 5.40. The third kappa shape index (κ3) is 3.57. The highest BCUT2D eigenvalue weighted by molar-refractivity contribution is 6.26. The van der Waals surface area contributed by atoms with Crippen LogP contribution in [-0.4, -0.2) is 50.2 Å². The van der Waals surface area contributed by atoms with Gasteiger partial charge in [0.1, 0.15) is 13.2 Å². The van der Waals surface area contributed by atoms with Gasteiger partial charge in [0, 0.05) is 16.8 Å². The van der Waals surface area contributed by atoms with Crippen molar-refractivity contribution in [3.05, 3.63) is 59.2 Å². The van der Waals surface area contributed by atoms with Crippen molar-refractivity contribution in [3.8, 4) is 0 Å². The van der Waals surface area contributed by atoms with Gasteiger partial charge in [0.15, 0.2) is 0 Å². The van der Waals surface area contributed by atoms with Crippen LogP contribution < -0.4 is 0 Å². The minimum atomic E-state index is -0.897. The molecule has 1 heterocycles. The van der Waals surface area contributed by atoms with E-state index in [1.807, 2.05) is 0 Å². The normalized spacial score (nSPS) is 12.2. The third-order valence-electron chi connectivity index (χ3n) is 4.14. The lowest BCUT2D eigenvalue weighted by molar-refractivity contribution is -0.138. The summed E-state index contributed by atoms with van der Waals surface area (Å²) < 4.78 is 19.2. The second-order valence-electron chi connectivity index (χ2n) is 5.75. The van der Waals surface area contributed by atoms with Gasteiger partial charge in [0.25, 0.3) is 0 Å². The molecule has 1 aliphatic rings. The summed E-state index contributed by atoms with van der Waals surface area (Å²) in [5, 5.41) is 0.131. The molecule has 0 fully saturated rings. The van der Waals surface area contributed by atoms with E-state index < -0.39 is 29.8 Å². The molecule has 1 aliphatic heterocycles. The molecule has 9 nitrogen and oxygen atoms in total. The van der Waals surface area contributed by atoms with Crippen LogP contribution in [0.25, 0.3) is 10.8 Å². The lowest BCUT2D eigenvalue weighted by Gasteiger charge is -2.19. The number of methoxy groups -OCH3 is 1. The topological polar surface area (TPSA) is 122 Å². The number of rotatable bonds is 6. The van der Waals surface area contributed by atoms with Crippen LogP contribution in [0.2, 0.25) is 0 Å². The zero-order chi connectivity index (χ0) is 21.1. The number of cyclic esters (lactones) is 2. The van der Waals surface area contributed by atoms with E-state index in [4.69, 9.17) is 14.2 Å². The maximum atomic E-state index is 12.6. The van der Waals surface area contributed by atoms with E-state index >= 15 is 0 Å². The summed E-state index contributed by atoms with van der Waals surface area (Å²) in [4.78, 5) is 60.0. The van der Waals surface area contributed by atoms with Gasteiger partial charge in [-0.05, 0) is 24.3 Å². The summed E-state index contributed by atoms with van der Waals surface area (Å²) in [6.45, 7) is 2.79. The van der Waals surface area contributed by atoms with Crippen LogP contribution in [0.15, 0.2) is 36.9 Å². The first kappa shape index (κ1) is 19.7. The SMILES string of the molecule is C=CC(=O)OCCOC(=O)c1ccc2c3c(ccc(C(=O)OC)c13)C(=O)OC2=O. The molecule has 2 aromatic carbocycles. The average molecular weight is 398 g/mol. The monoisotopic (exact) mass is 398 g/mol. The zero-order valence-corrected chi connectivity index (χ0v) is 15.2. The first-order chi connectivity index (χ1) is 13.9. The van der Waals surface area contributed by atoms with Gasteiger partial charge in [-0.15, -0.1) is 0 Å². The largest absolute Gasteiger partial charge is 0.465 e. The van der Waals surface area contributed by atoms with E-state index in [0.717, 1.165) is 13.2 Å². The van der Waals surface area contributed by atoms with E-state index in [-0.39, 0.29) is 46.2 Å². The van der Waals surface area contributed by atoms with E-state index in [1.54, 1.807) is 0 Å². The molecule has 9 heteroatoms. The molecule has 0 radical (unpaired) electrons. The summed E-state index contributed by atoms with van der Waals surface area (Å²) in [6, 6.07) is 5.20. The molecule has 0 saturated carbocycles. The van der Waals surface area contributed by atoms with Gasteiger partial charge in [-0.3, -0.25) is 0 Å². The van der Waals surface area contributed by atoms with Gasteiger partial charge in [0.05, 0.1) is 29.4 Å². The van der Waals surface area contributed by atoms with Crippen molar-refractivity contribution in [1.82, 2.24) is 0 Å². The van der Waals surface area contributed by atoms with Crippen molar-refractivity contribution in [1.29, 1.82) is 0 Å². The number of esters is 5. The molecular weight excluding hydrogens is 384 g/mol. The molecule has 0 aromatic heterocycles. The predicted octanol–water partition coefficient (Wildman–Crippen LogP) is 1.82. The number of hydrogen-bond acceptors (Lipinski definition) is 9. The second-order valence-corrected chi connectivity index (χ2v) is 5.75. The second kappa shape index (κ2) is 7.93. The zero-order valence-electron chi connectivity index (χ0n) is 15.2. The smallest absolute Gasteiger partial charge is 0.346 e. The molecule has 0 spiro atoms. The van der Waals surface area contributed by atoms with Crippen molar-refractivity contribution >= 4 is 40.6 Å². The molecule has 29 heavy (non-hydrogen) atoms. The van der Waals surface area contributed by atoms with E-state index in [9.17, 15) is 24.0 Å². The fraction of sp³-hybridized carbons (Fsp3) is 0.150. The predicted molar refractivity (Wildman–Crippen MR) is 96.5 cm³/mol.